The van der Waals surface area contributed by atoms with Crippen LogP contribution in [0.1, 0.15) is 31.0 Å². The average molecular weight is 175 g/mol. The van der Waals surface area contributed by atoms with E-state index >= 15 is 0 Å². The molecule has 2 aromatic heterocycles. The van der Waals surface area contributed by atoms with Gasteiger partial charge in [0.25, 0.3) is 0 Å². The third kappa shape index (κ3) is 1.20. The summed E-state index contributed by atoms with van der Waals surface area (Å²) >= 11 is 0. The lowest BCUT2D eigenvalue weighted by molar-refractivity contribution is 0.825. The molecule has 68 valence electrons. The van der Waals surface area contributed by atoms with E-state index in [1.807, 2.05) is 6.20 Å². The number of nitrogens with zero attached hydrogens (tertiary/aromatic N) is 2. The Morgan fingerprint density at radius 1 is 1.31 bits per heavy atom. The summed E-state index contributed by atoms with van der Waals surface area (Å²) in [5, 5.41) is 0. The minimum absolute atomic E-state index is 0.434. The van der Waals surface area contributed by atoms with E-state index in [0.717, 1.165) is 16.7 Å². The fourth-order valence-electron chi connectivity index (χ4n) is 1.53. The maximum absolute atomic E-state index is 4.28. The van der Waals surface area contributed by atoms with Crippen LogP contribution < -0.4 is 0 Å². The number of aryl methyl sites for hydroxylation is 1. The summed E-state index contributed by atoms with van der Waals surface area (Å²) in [6.07, 6.45) is 3.61. The Morgan fingerprint density at radius 3 is 2.77 bits per heavy atom. The molecule has 0 aliphatic rings. The number of aromatic amines is 1. The Balaban J connectivity index is 2.77. The molecular weight excluding hydrogens is 162 g/mol. The Hall–Kier alpha value is -1.38. The molecule has 13 heavy (non-hydrogen) atoms. The van der Waals surface area contributed by atoms with E-state index in [-0.39, 0.29) is 0 Å². The summed E-state index contributed by atoms with van der Waals surface area (Å²) in [4.78, 5) is 11.7. The number of aromatic nitrogens is 3. The molecule has 0 aliphatic carbocycles. The van der Waals surface area contributed by atoms with Crippen LogP contribution >= 0.6 is 0 Å². The zero-order valence-electron chi connectivity index (χ0n) is 8.13. The third-order valence-electron chi connectivity index (χ3n) is 2.23. The van der Waals surface area contributed by atoms with Crippen LogP contribution in [0, 0.1) is 6.92 Å². The number of hydrogen-bond acceptors (Lipinski definition) is 2. The van der Waals surface area contributed by atoms with Gasteiger partial charge in [0.2, 0.25) is 0 Å². The minimum Gasteiger partial charge on any atom is -0.358 e. The van der Waals surface area contributed by atoms with E-state index in [4.69, 9.17) is 0 Å². The summed E-state index contributed by atoms with van der Waals surface area (Å²) in [6, 6.07) is 0. The first-order chi connectivity index (χ1) is 6.20. The zero-order chi connectivity index (χ0) is 9.42. The van der Waals surface area contributed by atoms with Gasteiger partial charge in [0.05, 0.1) is 16.7 Å². The van der Waals surface area contributed by atoms with E-state index in [9.17, 15) is 0 Å². The second kappa shape index (κ2) is 2.83. The van der Waals surface area contributed by atoms with E-state index < -0.39 is 0 Å². The van der Waals surface area contributed by atoms with E-state index in [1.165, 1.54) is 5.56 Å². The van der Waals surface area contributed by atoms with E-state index in [1.54, 1.807) is 6.33 Å². The van der Waals surface area contributed by atoms with Crippen LogP contribution in [0.2, 0.25) is 0 Å². The monoisotopic (exact) mass is 175 g/mol. The topological polar surface area (TPSA) is 41.6 Å². The Bertz CT molecular complexity index is 429. The number of fused-ring (bicyclic) bond motifs is 1. The van der Waals surface area contributed by atoms with Crippen molar-refractivity contribution in [2.45, 2.75) is 26.7 Å². The van der Waals surface area contributed by atoms with Crippen LogP contribution in [0.25, 0.3) is 11.0 Å². The van der Waals surface area contributed by atoms with Crippen molar-refractivity contribution in [2.75, 3.05) is 0 Å². The number of hydrogen-bond donors (Lipinski definition) is 1. The van der Waals surface area contributed by atoms with Crippen molar-refractivity contribution in [3.8, 4) is 0 Å². The molecule has 0 aromatic carbocycles. The largest absolute Gasteiger partial charge is 0.358 e. The van der Waals surface area contributed by atoms with Gasteiger partial charge >= 0.3 is 0 Å². The Morgan fingerprint density at radius 2 is 2.08 bits per heavy atom. The summed E-state index contributed by atoms with van der Waals surface area (Å²) in [5.41, 5.74) is 4.39. The molecule has 0 saturated heterocycles. The van der Waals surface area contributed by atoms with E-state index in [0.29, 0.717) is 5.92 Å². The normalized spacial score (nSPS) is 11.4. The maximum atomic E-state index is 4.28. The molecule has 2 aromatic rings. The average Bonchev–Trinajstić information content (AvgIpc) is 2.48. The molecule has 3 nitrogen and oxygen atoms in total. The number of nitrogens with one attached hydrogen (secondary N) is 1. The van der Waals surface area contributed by atoms with Gasteiger partial charge in [-0.25, -0.2) is 9.97 Å². The predicted octanol–water partition coefficient (Wildman–Crippen LogP) is 2.39. The first-order valence-electron chi connectivity index (χ1n) is 4.48. The maximum Gasteiger partial charge on any atom is 0.116 e. The van der Waals surface area contributed by atoms with Crippen molar-refractivity contribution < 1.29 is 0 Å². The van der Waals surface area contributed by atoms with Gasteiger partial charge in [-0.1, -0.05) is 13.8 Å². The molecule has 0 fully saturated rings. The van der Waals surface area contributed by atoms with Gasteiger partial charge in [-0.15, -0.1) is 0 Å². The van der Waals surface area contributed by atoms with Gasteiger partial charge in [0.1, 0.15) is 6.33 Å². The zero-order valence-corrected chi connectivity index (χ0v) is 8.13. The molecule has 0 saturated carbocycles. The molecule has 0 radical (unpaired) electrons. The summed E-state index contributed by atoms with van der Waals surface area (Å²) in [6.45, 7) is 6.33. The molecule has 0 atom stereocenters. The second-order valence-electron chi connectivity index (χ2n) is 3.61. The molecule has 0 aliphatic heterocycles. The number of rotatable bonds is 1. The highest BCUT2D eigenvalue weighted by Crippen LogP contribution is 2.22. The van der Waals surface area contributed by atoms with Crippen LogP contribution in [-0.4, -0.2) is 15.0 Å². The predicted molar refractivity (Wildman–Crippen MR) is 52.7 cm³/mol. The second-order valence-corrected chi connectivity index (χ2v) is 3.61. The summed E-state index contributed by atoms with van der Waals surface area (Å²) in [5.74, 6) is 0.434. The van der Waals surface area contributed by atoms with Crippen molar-refractivity contribution in [3.05, 3.63) is 23.8 Å². The van der Waals surface area contributed by atoms with Crippen LogP contribution in [0.3, 0.4) is 0 Å². The molecule has 0 spiro atoms. The standard InChI is InChI=1S/C10H13N3/c1-6(2)8-10-9(13-5-12-8)7(3)4-11-10/h4-6,11H,1-3H3. The van der Waals surface area contributed by atoms with Gasteiger partial charge in [-0.05, 0) is 18.4 Å². The molecule has 1 N–H and O–H groups in total. The summed E-state index contributed by atoms with van der Waals surface area (Å²) in [7, 11) is 0. The highest BCUT2D eigenvalue weighted by atomic mass is 14.9. The van der Waals surface area contributed by atoms with Crippen molar-refractivity contribution in [3.63, 3.8) is 0 Å². The first-order valence-corrected chi connectivity index (χ1v) is 4.48. The molecule has 2 rings (SSSR count). The molecule has 2 heterocycles. The van der Waals surface area contributed by atoms with Crippen molar-refractivity contribution >= 4 is 11.0 Å². The molecular formula is C10H13N3. The van der Waals surface area contributed by atoms with Crippen molar-refractivity contribution in [2.24, 2.45) is 0 Å². The number of H-pyrrole nitrogens is 1. The van der Waals surface area contributed by atoms with Gasteiger partial charge in [0, 0.05) is 6.20 Å². The fourth-order valence-corrected chi connectivity index (χ4v) is 1.53. The highest BCUT2D eigenvalue weighted by Gasteiger charge is 2.09. The van der Waals surface area contributed by atoms with Crippen LogP contribution in [-0.2, 0) is 0 Å². The molecule has 0 amide bonds. The van der Waals surface area contributed by atoms with Crippen LogP contribution in [0.15, 0.2) is 12.5 Å². The highest BCUT2D eigenvalue weighted by molar-refractivity contribution is 5.80. The van der Waals surface area contributed by atoms with Crippen LogP contribution in [0.5, 0.6) is 0 Å². The van der Waals surface area contributed by atoms with Crippen molar-refractivity contribution in [1.29, 1.82) is 0 Å². The molecule has 0 bridgehead atoms. The van der Waals surface area contributed by atoms with Gasteiger partial charge in [-0.3, -0.25) is 0 Å². The lowest BCUT2D eigenvalue weighted by atomic mass is 10.1. The lowest BCUT2D eigenvalue weighted by Crippen LogP contribution is -1.94. The quantitative estimate of drug-likeness (QED) is 0.723. The van der Waals surface area contributed by atoms with Crippen LogP contribution in [0.4, 0.5) is 0 Å². The first kappa shape index (κ1) is 8.23. The van der Waals surface area contributed by atoms with Gasteiger partial charge < -0.3 is 4.98 Å². The Labute approximate surface area is 77.2 Å². The minimum atomic E-state index is 0.434. The lowest BCUT2D eigenvalue weighted by Gasteiger charge is -2.04. The third-order valence-corrected chi connectivity index (χ3v) is 2.23. The summed E-state index contributed by atoms with van der Waals surface area (Å²) < 4.78 is 0. The molecule has 3 heteroatoms. The van der Waals surface area contributed by atoms with Gasteiger partial charge in [-0.2, -0.15) is 0 Å². The smallest absolute Gasteiger partial charge is 0.116 e. The molecule has 0 unspecified atom stereocenters. The van der Waals surface area contributed by atoms with Gasteiger partial charge in [0.15, 0.2) is 0 Å². The Kier molecular flexibility index (Phi) is 1.79. The van der Waals surface area contributed by atoms with E-state index in [2.05, 4.69) is 35.7 Å². The fraction of sp³-hybridized carbons (Fsp3) is 0.400. The van der Waals surface area contributed by atoms with Crippen molar-refractivity contribution in [1.82, 2.24) is 15.0 Å². The SMILES string of the molecule is Cc1c[nH]c2c(C(C)C)ncnc12.